The van der Waals surface area contributed by atoms with Crippen molar-refractivity contribution < 1.29 is 8.42 Å². The lowest BCUT2D eigenvalue weighted by atomic mass is 9.98. The van der Waals surface area contributed by atoms with Crippen LogP contribution in [0.3, 0.4) is 0 Å². The normalized spacial score (nSPS) is 14.9. The topological polar surface area (TPSA) is 37.4 Å². The number of sulfonamides is 1. The maximum absolute atomic E-state index is 12.7. The standard InChI is InChI=1S/C16H17NO2S2/c1-17(11-13-8-9-20-12-13)21(18,19)16-7-6-14-4-2-3-5-15(14)10-16/h2-5,8-10,12H,6-7,11H2,1H3. The summed E-state index contributed by atoms with van der Waals surface area (Å²) in [5.41, 5.74) is 3.27. The van der Waals surface area contributed by atoms with Crippen LogP contribution in [0.5, 0.6) is 0 Å². The summed E-state index contributed by atoms with van der Waals surface area (Å²) in [5.74, 6) is 0. The summed E-state index contributed by atoms with van der Waals surface area (Å²) >= 11 is 1.58. The van der Waals surface area contributed by atoms with E-state index in [1.54, 1.807) is 18.4 Å². The molecule has 0 amide bonds. The van der Waals surface area contributed by atoms with Crippen LogP contribution >= 0.6 is 11.3 Å². The summed E-state index contributed by atoms with van der Waals surface area (Å²) in [6, 6.07) is 9.93. The van der Waals surface area contributed by atoms with Gasteiger partial charge in [-0.2, -0.15) is 15.6 Å². The average molecular weight is 319 g/mol. The van der Waals surface area contributed by atoms with Crippen LogP contribution in [0.4, 0.5) is 0 Å². The van der Waals surface area contributed by atoms with Gasteiger partial charge in [0.1, 0.15) is 0 Å². The monoisotopic (exact) mass is 319 g/mol. The molecule has 21 heavy (non-hydrogen) atoms. The molecule has 1 aliphatic carbocycles. The molecule has 0 unspecified atom stereocenters. The molecule has 3 nitrogen and oxygen atoms in total. The third kappa shape index (κ3) is 2.95. The Balaban J connectivity index is 1.87. The first-order valence-electron chi connectivity index (χ1n) is 6.83. The van der Waals surface area contributed by atoms with E-state index in [1.807, 2.05) is 41.1 Å². The van der Waals surface area contributed by atoms with Crippen LogP contribution in [0.2, 0.25) is 0 Å². The maximum atomic E-state index is 12.7. The lowest BCUT2D eigenvalue weighted by Gasteiger charge is -2.22. The fourth-order valence-corrected chi connectivity index (χ4v) is 4.55. The minimum atomic E-state index is -3.38. The maximum Gasteiger partial charge on any atom is 0.239 e. The van der Waals surface area contributed by atoms with Gasteiger partial charge in [-0.1, -0.05) is 24.3 Å². The van der Waals surface area contributed by atoms with Gasteiger partial charge in [-0.05, 0) is 52.4 Å². The molecule has 0 spiro atoms. The smallest absolute Gasteiger partial charge is 0.207 e. The first-order valence-corrected chi connectivity index (χ1v) is 9.21. The Morgan fingerprint density at radius 3 is 2.76 bits per heavy atom. The molecule has 0 atom stereocenters. The predicted molar refractivity (Wildman–Crippen MR) is 87.4 cm³/mol. The fourth-order valence-electron chi connectivity index (χ4n) is 2.53. The third-order valence-corrected chi connectivity index (χ3v) is 6.41. The summed E-state index contributed by atoms with van der Waals surface area (Å²) < 4.78 is 26.8. The van der Waals surface area contributed by atoms with Gasteiger partial charge in [-0.15, -0.1) is 0 Å². The van der Waals surface area contributed by atoms with Crippen molar-refractivity contribution in [3.05, 3.63) is 62.7 Å². The molecule has 5 heteroatoms. The summed E-state index contributed by atoms with van der Waals surface area (Å²) in [4.78, 5) is 0.513. The van der Waals surface area contributed by atoms with E-state index in [9.17, 15) is 8.42 Å². The molecule has 0 radical (unpaired) electrons. The Kier molecular flexibility index (Phi) is 3.97. The zero-order valence-electron chi connectivity index (χ0n) is 11.8. The van der Waals surface area contributed by atoms with Gasteiger partial charge in [0, 0.05) is 13.6 Å². The Bertz CT molecular complexity index is 761. The molecule has 110 valence electrons. The molecule has 0 saturated heterocycles. The van der Waals surface area contributed by atoms with Gasteiger partial charge in [-0.25, -0.2) is 8.42 Å². The van der Waals surface area contributed by atoms with Crippen LogP contribution in [0, 0.1) is 0 Å². The molecule has 1 aromatic carbocycles. The molecule has 0 fully saturated rings. The minimum absolute atomic E-state index is 0.421. The van der Waals surface area contributed by atoms with E-state index in [0.29, 0.717) is 17.9 Å². The Hall–Kier alpha value is -1.43. The van der Waals surface area contributed by atoms with E-state index in [2.05, 4.69) is 6.07 Å². The number of allylic oxidation sites excluding steroid dienone is 1. The van der Waals surface area contributed by atoms with Crippen LogP contribution < -0.4 is 0 Å². The summed E-state index contributed by atoms with van der Waals surface area (Å²) in [6.07, 6.45) is 3.18. The number of hydrogen-bond donors (Lipinski definition) is 0. The van der Waals surface area contributed by atoms with E-state index in [0.717, 1.165) is 17.5 Å². The van der Waals surface area contributed by atoms with E-state index in [4.69, 9.17) is 0 Å². The van der Waals surface area contributed by atoms with Crippen molar-refractivity contribution in [1.29, 1.82) is 0 Å². The molecule has 1 aromatic heterocycles. The van der Waals surface area contributed by atoms with Crippen molar-refractivity contribution in [3.63, 3.8) is 0 Å². The SMILES string of the molecule is CN(Cc1ccsc1)S(=O)(=O)C1=Cc2ccccc2CC1. The lowest BCUT2D eigenvalue weighted by molar-refractivity contribution is 0.472. The largest absolute Gasteiger partial charge is 0.239 e. The van der Waals surface area contributed by atoms with Gasteiger partial charge in [0.15, 0.2) is 0 Å². The third-order valence-electron chi connectivity index (χ3n) is 3.74. The lowest BCUT2D eigenvalue weighted by Crippen LogP contribution is -2.28. The minimum Gasteiger partial charge on any atom is -0.207 e. The zero-order chi connectivity index (χ0) is 14.9. The molecule has 3 rings (SSSR count). The highest BCUT2D eigenvalue weighted by atomic mass is 32.2. The number of aryl methyl sites for hydroxylation is 1. The molecule has 0 aliphatic heterocycles. The summed E-state index contributed by atoms with van der Waals surface area (Å²) in [6.45, 7) is 0.421. The zero-order valence-corrected chi connectivity index (χ0v) is 13.5. The van der Waals surface area contributed by atoms with E-state index in [-0.39, 0.29) is 0 Å². The molecular formula is C16H17NO2S2. The molecule has 2 aromatic rings. The highest BCUT2D eigenvalue weighted by Crippen LogP contribution is 2.29. The molecule has 0 bridgehead atoms. The number of nitrogens with zero attached hydrogens (tertiary/aromatic N) is 1. The second-order valence-electron chi connectivity index (χ2n) is 5.20. The number of fused-ring (bicyclic) bond motifs is 1. The van der Waals surface area contributed by atoms with Gasteiger partial charge in [0.2, 0.25) is 10.0 Å². The quantitative estimate of drug-likeness (QED) is 0.865. The first-order chi connectivity index (χ1) is 10.1. The number of thiophene rings is 1. The van der Waals surface area contributed by atoms with Crippen LogP contribution in [-0.4, -0.2) is 19.8 Å². The molecule has 1 aliphatic rings. The van der Waals surface area contributed by atoms with Crippen molar-refractivity contribution in [2.24, 2.45) is 0 Å². The molecular weight excluding hydrogens is 302 g/mol. The van der Waals surface area contributed by atoms with Gasteiger partial charge in [0.05, 0.1) is 4.91 Å². The first kappa shape index (κ1) is 14.5. The number of rotatable bonds is 4. The van der Waals surface area contributed by atoms with Gasteiger partial charge < -0.3 is 0 Å². The Labute approximate surface area is 129 Å². The Morgan fingerprint density at radius 1 is 1.19 bits per heavy atom. The second kappa shape index (κ2) is 5.75. The van der Waals surface area contributed by atoms with Crippen LogP contribution in [0.25, 0.3) is 6.08 Å². The fraction of sp³-hybridized carbons (Fsp3) is 0.250. The molecule has 1 heterocycles. The van der Waals surface area contributed by atoms with Crippen molar-refractivity contribution in [2.45, 2.75) is 19.4 Å². The van der Waals surface area contributed by atoms with E-state index < -0.39 is 10.0 Å². The van der Waals surface area contributed by atoms with E-state index in [1.165, 1.54) is 9.87 Å². The molecule has 0 N–H and O–H groups in total. The van der Waals surface area contributed by atoms with Crippen LogP contribution in [0.15, 0.2) is 46.0 Å². The highest BCUT2D eigenvalue weighted by Gasteiger charge is 2.26. The Morgan fingerprint density at radius 2 is 2.00 bits per heavy atom. The van der Waals surface area contributed by atoms with Gasteiger partial charge >= 0.3 is 0 Å². The molecule has 0 saturated carbocycles. The predicted octanol–water partition coefficient (Wildman–Crippen LogP) is 3.50. The summed E-state index contributed by atoms with van der Waals surface area (Å²) in [7, 11) is -1.73. The van der Waals surface area contributed by atoms with Crippen LogP contribution in [-0.2, 0) is 23.0 Å². The van der Waals surface area contributed by atoms with Gasteiger partial charge in [0.25, 0.3) is 0 Å². The van der Waals surface area contributed by atoms with Crippen LogP contribution in [0.1, 0.15) is 23.1 Å². The number of benzene rings is 1. The average Bonchev–Trinajstić information content (AvgIpc) is 2.99. The second-order valence-corrected chi connectivity index (χ2v) is 8.08. The van der Waals surface area contributed by atoms with Crippen molar-refractivity contribution in [3.8, 4) is 0 Å². The van der Waals surface area contributed by atoms with Crippen molar-refractivity contribution in [1.82, 2.24) is 4.31 Å². The highest BCUT2D eigenvalue weighted by molar-refractivity contribution is 7.93. The van der Waals surface area contributed by atoms with E-state index >= 15 is 0 Å². The van der Waals surface area contributed by atoms with Gasteiger partial charge in [-0.3, -0.25) is 0 Å². The van der Waals surface area contributed by atoms with Crippen molar-refractivity contribution >= 4 is 27.4 Å². The summed E-state index contributed by atoms with van der Waals surface area (Å²) in [5, 5.41) is 3.95. The number of hydrogen-bond acceptors (Lipinski definition) is 3. The van der Waals surface area contributed by atoms with Crippen molar-refractivity contribution in [2.75, 3.05) is 7.05 Å².